The molecule has 4 aromatic carbocycles. The Labute approximate surface area is 239 Å². The van der Waals surface area contributed by atoms with Crippen LogP contribution in [0, 0.1) is 0 Å². The molecular weight excluding hydrogens is 524 g/mol. The fraction of sp³-hybridized carbons (Fsp3) is 0. The van der Waals surface area contributed by atoms with Crippen LogP contribution in [0.25, 0.3) is 78.1 Å². The smallest absolute Gasteiger partial charge is 0.181 e. The van der Waals surface area contributed by atoms with Crippen molar-refractivity contribution in [2.24, 2.45) is 0 Å². The molecule has 0 unspecified atom stereocenters. The second kappa shape index (κ2) is 9.87. The molecule has 4 heterocycles. The summed E-state index contributed by atoms with van der Waals surface area (Å²) in [5.74, 6) is 1.14. The van der Waals surface area contributed by atoms with Crippen molar-refractivity contribution in [2.75, 3.05) is 0 Å². The molecule has 8 aromatic rings. The van der Waals surface area contributed by atoms with Gasteiger partial charge in [-0.15, -0.1) is 0 Å². The Hall–Kier alpha value is -6.02. The molecule has 42 heavy (non-hydrogen) atoms. The van der Waals surface area contributed by atoms with Crippen molar-refractivity contribution in [3.63, 3.8) is 0 Å². The first-order valence-corrected chi connectivity index (χ1v) is 13.3. The van der Waals surface area contributed by atoms with E-state index in [1.54, 1.807) is 37.2 Å². The molecule has 0 bridgehead atoms. The highest BCUT2D eigenvalue weighted by Gasteiger charge is 2.20. The minimum atomic E-state index is 0.567. The molecule has 198 valence electrons. The minimum absolute atomic E-state index is 0.567. The molecule has 0 N–H and O–H groups in total. The number of fused-ring (bicyclic) bond motifs is 2. The van der Waals surface area contributed by atoms with Gasteiger partial charge in [-0.3, -0.25) is 9.97 Å². The van der Waals surface area contributed by atoms with Gasteiger partial charge in [-0.2, -0.15) is 0 Å². The summed E-state index contributed by atoms with van der Waals surface area (Å²) >= 11 is 0. The summed E-state index contributed by atoms with van der Waals surface area (Å²) in [7, 11) is 0. The van der Waals surface area contributed by atoms with Crippen molar-refractivity contribution in [3.8, 4) is 56.6 Å². The molecule has 0 saturated carbocycles. The Bertz CT molecular complexity index is 2160. The largest absolute Gasteiger partial charge is 0.442 e. The maximum atomic E-state index is 5.43. The van der Waals surface area contributed by atoms with Crippen LogP contribution in [0.4, 0.5) is 0 Å². The predicted octanol–water partition coefficient (Wildman–Crippen LogP) is 7.88. The number of nitrogens with zero attached hydrogens (tertiary/aromatic N) is 6. The van der Waals surface area contributed by atoms with Gasteiger partial charge in [-0.25, -0.2) is 19.9 Å². The molecule has 0 aliphatic carbocycles. The van der Waals surface area contributed by atoms with Gasteiger partial charge in [0.15, 0.2) is 24.3 Å². The lowest BCUT2D eigenvalue weighted by atomic mass is 9.87. The van der Waals surface area contributed by atoms with Gasteiger partial charge in [0.25, 0.3) is 0 Å². The molecule has 0 radical (unpaired) electrons. The third-order valence-corrected chi connectivity index (χ3v) is 7.32. The van der Waals surface area contributed by atoms with Crippen LogP contribution < -0.4 is 0 Å². The van der Waals surface area contributed by atoms with Gasteiger partial charge in [0.2, 0.25) is 0 Å². The van der Waals surface area contributed by atoms with E-state index in [4.69, 9.17) is 18.8 Å². The highest BCUT2D eigenvalue weighted by Crippen LogP contribution is 2.43. The molecule has 0 aliphatic rings. The van der Waals surface area contributed by atoms with Crippen LogP contribution in [0.1, 0.15) is 0 Å². The zero-order chi connectivity index (χ0) is 27.9. The van der Waals surface area contributed by atoms with E-state index in [-0.39, 0.29) is 0 Å². The summed E-state index contributed by atoms with van der Waals surface area (Å²) in [6.07, 6.45) is 13.0. The molecule has 4 aromatic heterocycles. The van der Waals surface area contributed by atoms with Gasteiger partial charge in [0, 0.05) is 11.1 Å². The third-order valence-electron chi connectivity index (χ3n) is 7.32. The standard InChI is InChI=1S/C34H20N6O2/c1-2-6-21(7-3-1)22-10-11-25-26(12-22)34(30-16-38-28(14-40-30)32-18-36-20-42-32)24-9-5-4-8-23(24)33(25)29-15-37-27(13-39-29)31-17-35-19-41-31/h1-20H. The fourth-order valence-corrected chi connectivity index (χ4v) is 5.39. The lowest BCUT2D eigenvalue weighted by molar-refractivity contribution is 0.569. The molecule has 0 atom stereocenters. The van der Waals surface area contributed by atoms with Gasteiger partial charge in [-0.05, 0) is 38.7 Å². The SMILES string of the molecule is c1ccc(-c2ccc3c(-c4cnc(-c5cnco5)cn4)c4ccccc4c(-c4cnc(-c5cnco5)cn4)c3c2)cc1. The van der Waals surface area contributed by atoms with E-state index in [9.17, 15) is 0 Å². The number of rotatable bonds is 5. The van der Waals surface area contributed by atoms with Crippen molar-refractivity contribution in [2.45, 2.75) is 0 Å². The lowest BCUT2D eigenvalue weighted by Crippen LogP contribution is -1.96. The number of hydrogen-bond acceptors (Lipinski definition) is 8. The Kier molecular flexibility index (Phi) is 5.60. The van der Waals surface area contributed by atoms with Gasteiger partial charge in [-0.1, -0.05) is 66.7 Å². The number of oxazole rings is 2. The van der Waals surface area contributed by atoms with Crippen molar-refractivity contribution in [3.05, 3.63) is 123 Å². The van der Waals surface area contributed by atoms with Crippen LogP contribution in [-0.2, 0) is 0 Å². The first kappa shape index (κ1) is 23.8. The van der Waals surface area contributed by atoms with Gasteiger partial charge >= 0.3 is 0 Å². The Balaban J connectivity index is 1.40. The zero-order valence-electron chi connectivity index (χ0n) is 22.0. The molecule has 8 nitrogen and oxygen atoms in total. The Morgan fingerprint density at radius 3 is 1.43 bits per heavy atom. The summed E-state index contributed by atoms with van der Waals surface area (Å²) in [6, 6.07) is 25.2. The Morgan fingerprint density at radius 1 is 0.405 bits per heavy atom. The number of benzene rings is 4. The van der Waals surface area contributed by atoms with Gasteiger partial charge in [0.1, 0.15) is 11.4 Å². The van der Waals surface area contributed by atoms with Crippen LogP contribution >= 0.6 is 0 Å². The van der Waals surface area contributed by atoms with Crippen molar-refractivity contribution in [1.82, 2.24) is 29.9 Å². The minimum Gasteiger partial charge on any atom is -0.442 e. The van der Waals surface area contributed by atoms with E-state index in [0.717, 1.165) is 55.2 Å². The lowest BCUT2D eigenvalue weighted by Gasteiger charge is -2.17. The second-order valence-corrected chi connectivity index (χ2v) is 9.73. The van der Waals surface area contributed by atoms with E-state index in [2.05, 4.69) is 62.4 Å². The molecule has 8 rings (SSSR count). The highest BCUT2D eigenvalue weighted by atomic mass is 16.3. The monoisotopic (exact) mass is 544 g/mol. The van der Waals surface area contributed by atoms with Crippen LogP contribution in [0.2, 0.25) is 0 Å². The van der Waals surface area contributed by atoms with Crippen molar-refractivity contribution < 1.29 is 8.83 Å². The van der Waals surface area contributed by atoms with E-state index in [1.165, 1.54) is 12.8 Å². The molecule has 0 saturated heterocycles. The van der Waals surface area contributed by atoms with E-state index >= 15 is 0 Å². The van der Waals surface area contributed by atoms with Crippen LogP contribution in [0.3, 0.4) is 0 Å². The Morgan fingerprint density at radius 2 is 0.905 bits per heavy atom. The average Bonchev–Trinajstić information content (AvgIpc) is 3.80. The van der Waals surface area contributed by atoms with Crippen LogP contribution in [0.15, 0.2) is 132 Å². The number of aromatic nitrogens is 6. The normalized spacial score (nSPS) is 11.3. The van der Waals surface area contributed by atoms with E-state index in [1.807, 2.05) is 30.3 Å². The van der Waals surface area contributed by atoms with E-state index in [0.29, 0.717) is 22.9 Å². The van der Waals surface area contributed by atoms with Crippen molar-refractivity contribution >= 4 is 21.5 Å². The summed E-state index contributed by atoms with van der Waals surface area (Å²) in [6.45, 7) is 0. The molecule has 0 aliphatic heterocycles. The first-order chi connectivity index (χ1) is 20.8. The summed E-state index contributed by atoms with van der Waals surface area (Å²) in [5.41, 5.74) is 6.96. The predicted molar refractivity (Wildman–Crippen MR) is 160 cm³/mol. The van der Waals surface area contributed by atoms with Crippen LogP contribution in [0.5, 0.6) is 0 Å². The first-order valence-electron chi connectivity index (χ1n) is 13.3. The van der Waals surface area contributed by atoms with Crippen molar-refractivity contribution in [1.29, 1.82) is 0 Å². The van der Waals surface area contributed by atoms with E-state index < -0.39 is 0 Å². The topological polar surface area (TPSA) is 104 Å². The summed E-state index contributed by atoms with van der Waals surface area (Å²) in [4.78, 5) is 27.0. The molecule has 0 fully saturated rings. The molecule has 8 heteroatoms. The van der Waals surface area contributed by atoms with Gasteiger partial charge in [0.05, 0.1) is 48.6 Å². The molecule has 0 spiro atoms. The quantitative estimate of drug-likeness (QED) is 0.202. The fourth-order valence-electron chi connectivity index (χ4n) is 5.39. The zero-order valence-corrected chi connectivity index (χ0v) is 22.0. The second-order valence-electron chi connectivity index (χ2n) is 9.73. The maximum absolute atomic E-state index is 5.43. The van der Waals surface area contributed by atoms with Crippen LogP contribution in [-0.4, -0.2) is 29.9 Å². The summed E-state index contributed by atoms with van der Waals surface area (Å²) in [5, 5.41) is 4.14. The molecular formula is C34H20N6O2. The third kappa shape index (κ3) is 4.01. The molecule has 0 amide bonds. The highest BCUT2D eigenvalue weighted by molar-refractivity contribution is 6.21. The number of hydrogen-bond donors (Lipinski definition) is 0. The van der Waals surface area contributed by atoms with Gasteiger partial charge < -0.3 is 8.83 Å². The summed E-state index contributed by atoms with van der Waals surface area (Å²) < 4.78 is 10.9. The maximum Gasteiger partial charge on any atom is 0.181 e. The average molecular weight is 545 g/mol.